The highest BCUT2D eigenvalue weighted by atomic mass is 79.9. The van der Waals surface area contributed by atoms with Crippen LogP contribution in [0.1, 0.15) is 18.7 Å². The Morgan fingerprint density at radius 1 is 1.55 bits per heavy atom. The molecule has 0 aromatic carbocycles. The summed E-state index contributed by atoms with van der Waals surface area (Å²) in [5.41, 5.74) is 5.36. The average Bonchev–Trinajstić information content (AvgIpc) is 2.37. The third kappa shape index (κ3) is 3.03. The zero-order valence-corrected chi connectivity index (χ0v) is 7.89. The van der Waals surface area contributed by atoms with E-state index in [2.05, 4.69) is 25.9 Å². The lowest BCUT2D eigenvalue weighted by molar-refractivity contribution is 0.722. The van der Waals surface area contributed by atoms with E-state index in [0.29, 0.717) is 0 Å². The van der Waals surface area contributed by atoms with Crippen molar-refractivity contribution in [1.29, 1.82) is 0 Å². The van der Waals surface area contributed by atoms with E-state index in [-0.39, 0.29) is 0 Å². The number of nitrogens with one attached hydrogen (secondary N) is 1. The van der Waals surface area contributed by atoms with Crippen molar-refractivity contribution in [2.75, 3.05) is 6.54 Å². The van der Waals surface area contributed by atoms with E-state index >= 15 is 0 Å². The summed E-state index contributed by atoms with van der Waals surface area (Å²) < 4.78 is 0.945. The number of aryl methyl sites for hydroxylation is 1. The van der Waals surface area contributed by atoms with Gasteiger partial charge in [0, 0.05) is 6.42 Å². The van der Waals surface area contributed by atoms with Crippen molar-refractivity contribution in [2.24, 2.45) is 5.73 Å². The number of rotatable bonds is 4. The van der Waals surface area contributed by atoms with Gasteiger partial charge in [0.25, 0.3) is 0 Å². The van der Waals surface area contributed by atoms with Crippen molar-refractivity contribution in [3.8, 4) is 0 Å². The normalized spacial score (nSPS) is 10.4. The molecule has 1 rings (SSSR count). The zero-order chi connectivity index (χ0) is 8.10. The predicted octanol–water partition coefficient (Wildman–Crippen LogP) is 1.45. The molecule has 1 aromatic rings. The number of aromatic amines is 1. The number of nitrogens with two attached hydrogens (primary N) is 1. The molecule has 0 saturated heterocycles. The number of unbranched alkanes of at least 4 members (excludes halogenated alkanes) is 1. The van der Waals surface area contributed by atoms with Gasteiger partial charge < -0.3 is 10.7 Å². The lowest BCUT2D eigenvalue weighted by atomic mass is 10.2. The molecule has 0 fully saturated rings. The van der Waals surface area contributed by atoms with Crippen molar-refractivity contribution < 1.29 is 0 Å². The molecule has 0 unspecified atom stereocenters. The molecule has 0 aliphatic rings. The summed E-state index contributed by atoms with van der Waals surface area (Å²) >= 11 is 3.30. The van der Waals surface area contributed by atoms with Crippen molar-refractivity contribution in [2.45, 2.75) is 19.3 Å². The van der Waals surface area contributed by atoms with Gasteiger partial charge in [0.05, 0.1) is 6.20 Å². The average molecular weight is 218 g/mol. The summed E-state index contributed by atoms with van der Waals surface area (Å²) in [5, 5.41) is 0. The number of hydrogen-bond donors (Lipinski definition) is 2. The number of nitrogens with zero attached hydrogens (tertiary/aromatic N) is 1. The van der Waals surface area contributed by atoms with Crippen molar-refractivity contribution >= 4 is 15.9 Å². The zero-order valence-electron chi connectivity index (χ0n) is 6.31. The van der Waals surface area contributed by atoms with Crippen molar-refractivity contribution in [1.82, 2.24) is 9.97 Å². The second-order valence-electron chi connectivity index (χ2n) is 2.42. The van der Waals surface area contributed by atoms with Crippen LogP contribution in [0.5, 0.6) is 0 Å². The fraction of sp³-hybridized carbons (Fsp3) is 0.571. The first-order chi connectivity index (χ1) is 5.33. The first kappa shape index (κ1) is 8.74. The second-order valence-corrected chi connectivity index (χ2v) is 3.28. The SMILES string of the molecule is NCCCCc1ncc(Br)[nH]1. The molecular formula is C7H12BrN3. The second kappa shape index (κ2) is 4.51. The molecule has 0 aliphatic heterocycles. The van der Waals surface area contributed by atoms with E-state index in [9.17, 15) is 0 Å². The summed E-state index contributed by atoms with van der Waals surface area (Å²) in [4.78, 5) is 7.24. The predicted molar refractivity (Wildman–Crippen MR) is 48.3 cm³/mol. The molecule has 11 heavy (non-hydrogen) atoms. The Bertz CT molecular complexity index is 209. The highest BCUT2D eigenvalue weighted by Crippen LogP contribution is 2.06. The molecule has 1 heterocycles. The van der Waals surface area contributed by atoms with Gasteiger partial charge in [0.1, 0.15) is 10.4 Å². The molecule has 0 amide bonds. The van der Waals surface area contributed by atoms with Gasteiger partial charge in [-0.1, -0.05) is 0 Å². The van der Waals surface area contributed by atoms with Gasteiger partial charge in [0.15, 0.2) is 0 Å². The largest absolute Gasteiger partial charge is 0.337 e. The van der Waals surface area contributed by atoms with E-state index in [4.69, 9.17) is 5.73 Å². The van der Waals surface area contributed by atoms with Crippen LogP contribution in [0.4, 0.5) is 0 Å². The highest BCUT2D eigenvalue weighted by Gasteiger charge is 1.96. The van der Waals surface area contributed by atoms with Gasteiger partial charge in [-0.3, -0.25) is 0 Å². The first-order valence-corrected chi connectivity index (χ1v) is 4.51. The number of hydrogen-bond acceptors (Lipinski definition) is 2. The lowest BCUT2D eigenvalue weighted by Crippen LogP contribution is -1.99. The van der Waals surface area contributed by atoms with Gasteiger partial charge in [-0.05, 0) is 35.3 Å². The molecule has 0 bridgehead atoms. The molecule has 1 aromatic heterocycles. The maximum atomic E-state index is 5.36. The molecule has 3 N–H and O–H groups in total. The Balaban J connectivity index is 2.27. The van der Waals surface area contributed by atoms with E-state index in [1.54, 1.807) is 6.20 Å². The molecule has 4 heteroatoms. The number of H-pyrrole nitrogens is 1. The van der Waals surface area contributed by atoms with Crippen LogP contribution in [0, 0.1) is 0 Å². The Hall–Kier alpha value is -0.350. The molecule has 62 valence electrons. The summed E-state index contributed by atoms with van der Waals surface area (Å²) in [7, 11) is 0. The van der Waals surface area contributed by atoms with Crippen LogP contribution in [0.2, 0.25) is 0 Å². The third-order valence-electron chi connectivity index (χ3n) is 1.47. The summed E-state index contributed by atoms with van der Waals surface area (Å²) in [6.45, 7) is 0.766. The summed E-state index contributed by atoms with van der Waals surface area (Å²) in [6.07, 6.45) is 4.94. The van der Waals surface area contributed by atoms with Crippen LogP contribution in [0.25, 0.3) is 0 Å². The quantitative estimate of drug-likeness (QED) is 0.751. The van der Waals surface area contributed by atoms with Crippen LogP contribution in [-0.4, -0.2) is 16.5 Å². The van der Waals surface area contributed by atoms with E-state index in [0.717, 1.165) is 36.2 Å². The fourth-order valence-corrected chi connectivity index (χ4v) is 1.23. The standard InChI is InChI=1S/C7H12BrN3/c8-6-5-10-7(11-6)3-1-2-4-9/h5H,1-4,9H2,(H,10,11). The molecule has 0 saturated carbocycles. The smallest absolute Gasteiger partial charge is 0.106 e. The maximum Gasteiger partial charge on any atom is 0.106 e. The first-order valence-electron chi connectivity index (χ1n) is 3.72. The van der Waals surface area contributed by atoms with Gasteiger partial charge in [-0.2, -0.15) is 0 Å². The van der Waals surface area contributed by atoms with Gasteiger partial charge in [-0.15, -0.1) is 0 Å². The van der Waals surface area contributed by atoms with Gasteiger partial charge in [-0.25, -0.2) is 4.98 Å². The minimum atomic E-state index is 0.766. The molecule has 0 atom stereocenters. The van der Waals surface area contributed by atoms with Crippen LogP contribution in [-0.2, 0) is 6.42 Å². The Labute approximate surface area is 74.5 Å². The monoisotopic (exact) mass is 217 g/mol. The molecule has 0 spiro atoms. The number of imidazole rings is 1. The lowest BCUT2D eigenvalue weighted by Gasteiger charge is -1.93. The van der Waals surface area contributed by atoms with E-state index < -0.39 is 0 Å². The summed E-state index contributed by atoms with van der Waals surface area (Å²) in [5.74, 6) is 1.03. The Morgan fingerprint density at radius 3 is 2.91 bits per heavy atom. The molecule has 0 radical (unpaired) electrons. The fourth-order valence-electron chi connectivity index (χ4n) is 0.901. The van der Waals surface area contributed by atoms with Gasteiger partial charge >= 0.3 is 0 Å². The van der Waals surface area contributed by atoms with Crippen LogP contribution in [0.15, 0.2) is 10.8 Å². The maximum absolute atomic E-state index is 5.36. The Kier molecular flexibility index (Phi) is 3.59. The minimum Gasteiger partial charge on any atom is -0.337 e. The van der Waals surface area contributed by atoms with Crippen LogP contribution < -0.4 is 5.73 Å². The van der Waals surface area contributed by atoms with Crippen LogP contribution >= 0.6 is 15.9 Å². The summed E-state index contributed by atoms with van der Waals surface area (Å²) in [6, 6.07) is 0. The molecule has 3 nitrogen and oxygen atoms in total. The van der Waals surface area contributed by atoms with Crippen molar-refractivity contribution in [3.63, 3.8) is 0 Å². The highest BCUT2D eigenvalue weighted by molar-refractivity contribution is 9.10. The van der Waals surface area contributed by atoms with Crippen LogP contribution in [0.3, 0.4) is 0 Å². The van der Waals surface area contributed by atoms with Gasteiger partial charge in [0.2, 0.25) is 0 Å². The topological polar surface area (TPSA) is 54.7 Å². The van der Waals surface area contributed by atoms with Crippen molar-refractivity contribution in [3.05, 3.63) is 16.6 Å². The number of aromatic nitrogens is 2. The third-order valence-corrected chi connectivity index (χ3v) is 1.87. The minimum absolute atomic E-state index is 0.766. The van der Waals surface area contributed by atoms with E-state index in [1.165, 1.54) is 0 Å². The van der Waals surface area contributed by atoms with E-state index in [1.807, 2.05) is 0 Å². The number of halogens is 1. The molecule has 0 aliphatic carbocycles. The molecular weight excluding hydrogens is 206 g/mol. The Morgan fingerprint density at radius 2 is 2.36 bits per heavy atom.